The number of anilines is 2. The van der Waals surface area contributed by atoms with E-state index in [1.54, 1.807) is 44.5 Å². The van der Waals surface area contributed by atoms with Gasteiger partial charge in [-0.1, -0.05) is 0 Å². The van der Waals surface area contributed by atoms with Gasteiger partial charge >= 0.3 is 0 Å². The minimum Gasteiger partial charge on any atom is -0.497 e. The summed E-state index contributed by atoms with van der Waals surface area (Å²) in [4.78, 5) is 19.4. The smallest absolute Gasteiger partial charge is 0.260 e. The number of fused-ring (bicyclic) bond motifs is 1. The van der Waals surface area contributed by atoms with Crippen molar-refractivity contribution in [1.29, 1.82) is 0 Å². The Morgan fingerprint density at radius 3 is 2.74 bits per heavy atom. The van der Waals surface area contributed by atoms with Crippen LogP contribution in [-0.4, -0.2) is 44.3 Å². The number of carbonyl (C=O) groups excluding carboxylic acids is 1. The highest BCUT2D eigenvalue weighted by Crippen LogP contribution is 2.29. The Morgan fingerprint density at radius 1 is 1.22 bits per heavy atom. The van der Waals surface area contributed by atoms with Crippen LogP contribution in [0.2, 0.25) is 0 Å². The predicted molar refractivity (Wildman–Crippen MR) is 103 cm³/mol. The van der Waals surface area contributed by atoms with Crippen molar-refractivity contribution in [3.8, 4) is 5.75 Å². The molecule has 1 aromatic carbocycles. The van der Waals surface area contributed by atoms with Crippen molar-refractivity contribution in [3.05, 3.63) is 47.9 Å². The van der Waals surface area contributed by atoms with E-state index in [-0.39, 0.29) is 5.91 Å². The van der Waals surface area contributed by atoms with Crippen LogP contribution in [0.5, 0.6) is 5.75 Å². The zero-order valence-electron chi connectivity index (χ0n) is 15.3. The Bertz CT molecular complexity index is 959. The molecule has 0 atom stereocenters. The molecule has 1 saturated heterocycles. The van der Waals surface area contributed by atoms with Gasteiger partial charge in [-0.3, -0.25) is 4.79 Å². The summed E-state index contributed by atoms with van der Waals surface area (Å²) in [7, 11) is 1.59. The molecule has 1 fully saturated rings. The Hall–Kier alpha value is -3.06. The van der Waals surface area contributed by atoms with Crippen molar-refractivity contribution < 1.29 is 18.7 Å². The number of hydrogen-bond donors (Lipinski definition) is 1. The number of carbonyl (C=O) groups is 1. The van der Waals surface area contributed by atoms with Crippen LogP contribution in [-0.2, 0) is 4.74 Å². The van der Waals surface area contributed by atoms with Crippen molar-refractivity contribution in [3.63, 3.8) is 0 Å². The normalized spacial score (nSPS) is 14.4. The fraction of sp³-hybridized carbons (Fsp3) is 0.300. The number of amides is 1. The Morgan fingerprint density at radius 2 is 2.04 bits per heavy atom. The maximum Gasteiger partial charge on any atom is 0.260 e. The Labute approximate surface area is 156 Å². The molecule has 0 spiro atoms. The Balaban J connectivity index is 1.55. The molecule has 3 aromatic rings. The summed E-state index contributed by atoms with van der Waals surface area (Å²) in [5.74, 6) is 1.46. The molecule has 4 rings (SSSR count). The van der Waals surface area contributed by atoms with E-state index in [2.05, 4.69) is 15.2 Å². The summed E-state index contributed by atoms with van der Waals surface area (Å²) in [6.45, 7) is 4.89. The average molecular weight is 367 g/mol. The lowest BCUT2D eigenvalue weighted by Crippen LogP contribution is -2.36. The van der Waals surface area contributed by atoms with Gasteiger partial charge in [-0.05, 0) is 37.3 Å². The SMILES string of the molecule is COc1ccc2oc(C)c(C(=O)Nc3ccc(N4CCOCC4)cn3)c2c1. The third kappa shape index (κ3) is 3.46. The number of furan rings is 1. The summed E-state index contributed by atoms with van der Waals surface area (Å²) >= 11 is 0. The Kier molecular flexibility index (Phi) is 4.68. The lowest BCUT2D eigenvalue weighted by atomic mass is 10.1. The van der Waals surface area contributed by atoms with Gasteiger partial charge < -0.3 is 24.1 Å². The van der Waals surface area contributed by atoms with Crippen molar-refractivity contribution in [2.75, 3.05) is 43.6 Å². The van der Waals surface area contributed by atoms with E-state index in [9.17, 15) is 4.79 Å². The number of nitrogens with one attached hydrogen (secondary N) is 1. The minimum atomic E-state index is -0.258. The van der Waals surface area contributed by atoms with E-state index < -0.39 is 0 Å². The number of hydrogen-bond acceptors (Lipinski definition) is 6. The number of aromatic nitrogens is 1. The molecule has 2 aromatic heterocycles. The molecule has 1 amide bonds. The molecule has 27 heavy (non-hydrogen) atoms. The second kappa shape index (κ2) is 7.28. The third-order valence-corrected chi connectivity index (χ3v) is 4.66. The van der Waals surface area contributed by atoms with Crippen molar-refractivity contribution >= 4 is 28.4 Å². The first-order valence-electron chi connectivity index (χ1n) is 8.83. The molecule has 7 nitrogen and oxygen atoms in total. The highest BCUT2D eigenvalue weighted by molar-refractivity contribution is 6.13. The summed E-state index contributed by atoms with van der Waals surface area (Å²) in [5, 5.41) is 3.57. The van der Waals surface area contributed by atoms with Gasteiger partial charge in [0, 0.05) is 18.5 Å². The largest absolute Gasteiger partial charge is 0.497 e. The fourth-order valence-electron chi connectivity index (χ4n) is 3.26. The maximum absolute atomic E-state index is 12.8. The number of rotatable bonds is 4. The monoisotopic (exact) mass is 367 g/mol. The number of aryl methyl sites for hydroxylation is 1. The van der Waals surface area contributed by atoms with Gasteiger partial charge in [-0.25, -0.2) is 4.98 Å². The second-order valence-electron chi connectivity index (χ2n) is 6.35. The molecule has 1 aliphatic rings. The first kappa shape index (κ1) is 17.4. The number of morpholine rings is 1. The van der Waals surface area contributed by atoms with Crippen LogP contribution < -0.4 is 15.0 Å². The average Bonchev–Trinajstić information content (AvgIpc) is 3.04. The molecule has 140 valence electrons. The standard InChI is InChI=1S/C20H21N3O4/c1-13-19(16-11-15(25-2)4-5-17(16)27-13)20(24)22-18-6-3-14(12-21-18)23-7-9-26-10-8-23/h3-6,11-12H,7-10H2,1-2H3,(H,21,22,24). The highest BCUT2D eigenvalue weighted by Gasteiger charge is 2.19. The molecule has 1 aliphatic heterocycles. The van der Waals surface area contributed by atoms with Crippen LogP contribution in [0.25, 0.3) is 11.0 Å². The molecule has 0 saturated carbocycles. The number of ether oxygens (including phenoxy) is 2. The van der Waals surface area contributed by atoms with Crippen LogP contribution in [0.15, 0.2) is 40.9 Å². The number of benzene rings is 1. The van der Waals surface area contributed by atoms with E-state index in [4.69, 9.17) is 13.9 Å². The van der Waals surface area contributed by atoms with Crippen molar-refractivity contribution in [1.82, 2.24) is 4.98 Å². The van der Waals surface area contributed by atoms with Crippen LogP contribution in [0.1, 0.15) is 16.1 Å². The van der Waals surface area contributed by atoms with Crippen LogP contribution in [0.4, 0.5) is 11.5 Å². The molecule has 7 heteroatoms. The van der Waals surface area contributed by atoms with Crippen LogP contribution >= 0.6 is 0 Å². The summed E-state index contributed by atoms with van der Waals surface area (Å²) in [5.41, 5.74) is 2.16. The number of nitrogens with zero attached hydrogens (tertiary/aromatic N) is 2. The predicted octanol–water partition coefficient (Wildman–Crippen LogP) is 3.23. The van der Waals surface area contributed by atoms with Gasteiger partial charge in [0.1, 0.15) is 22.9 Å². The minimum absolute atomic E-state index is 0.258. The van der Waals surface area contributed by atoms with Crippen LogP contribution in [0, 0.1) is 6.92 Å². The van der Waals surface area contributed by atoms with E-state index in [1.165, 1.54) is 0 Å². The van der Waals surface area contributed by atoms with E-state index >= 15 is 0 Å². The van der Waals surface area contributed by atoms with Crippen LogP contribution in [0.3, 0.4) is 0 Å². The van der Waals surface area contributed by atoms with Gasteiger partial charge in [-0.15, -0.1) is 0 Å². The van der Waals surface area contributed by atoms with E-state index in [0.29, 0.717) is 33.9 Å². The van der Waals surface area contributed by atoms with Gasteiger partial charge in [0.25, 0.3) is 5.91 Å². The summed E-state index contributed by atoms with van der Waals surface area (Å²) in [6, 6.07) is 9.17. The molecular formula is C20H21N3O4. The summed E-state index contributed by atoms with van der Waals surface area (Å²) in [6.07, 6.45) is 1.77. The number of pyridine rings is 1. The van der Waals surface area contributed by atoms with Gasteiger partial charge in [0.15, 0.2) is 0 Å². The zero-order chi connectivity index (χ0) is 18.8. The first-order chi connectivity index (χ1) is 13.2. The number of methoxy groups -OCH3 is 1. The molecule has 0 unspecified atom stereocenters. The summed E-state index contributed by atoms with van der Waals surface area (Å²) < 4.78 is 16.3. The second-order valence-corrected chi connectivity index (χ2v) is 6.35. The van der Waals surface area contributed by atoms with Crippen molar-refractivity contribution in [2.45, 2.75) is 6.92 Å². The molecule has 1 N–H and O–H groups in total. The molecule has 0 bridgehead atoms. The molecule has 0 aliphatic carbocycles. The lowest BCUT2D eigenvalue weighted by Gasteiger charge is -2.28. The third-order valence-electron chi connectivity index (χ3n) is 4.66. The lowest BCUT2D eigenvalue weighted by molar-refractivity contribution is 0.102. The first-order valence-corrected chi connectivity index (χ1v) is 8.83. The van der Waals surface area contributed by atoms with Gasteiger partial charge in [0.2, 0.25) is 0 Å². The van der Waals surface area contributed by atoms with E-state index in [1.807, 2.05) is 6.07 Å². The van der Waals surface area contributed by atoms with Gasteiger partial charge in [-0.2, -0.15) is 0 Å². The fourth-order valence-corrected chi connectivity index (χ4v) is 3.26. The molecular weight excluding hydrogens is 346 g/mol. The van der Waals surface area contributed by atoms with Crippen molar-refractivity contribution in [2.24, 2.45) is 0 Å². The molecule has 3 heterocycles. The van der Waals surface area contributed by atoms with Gasteiger partial charge in [0.05, 0.1) is 37.8 Å². The zero-order valence-corrected chi connectivity index (χ0v) is 15.3. The highest BCUT2D eigenvalue weighted by atomic mass is 16.5. The molecule has 0 radical (unpaired) electrons. The quantitative estimate of drug-likeness (QED) is 0.763. The van der Waals surface area contributed by atoms with E-state index in [0.717, 1.165) is 32.0 Å². The maximum atomic E-state index is 12.8. The topological polar surface area (TPSA) is 76.8 Å².